The molecule has 0 aromatic heterocycles. The number of carbonyl (C=O) groups excluding carboxylic acids is 3. The Morgan fingerprint density at radius 1 is 0.960 bits per heavy atom. The summed E-state index contributed by atoms with van der Waals surface area (Å²) in [6.07, 6.45) is 10.2. The normalized spacial score (nSPS) is 38.2. The molecule has 4 saturated carbocycles. The molecule has 0 aromatic rings. The lowest BCUT2D eigenvalue weighted by Gasteiger charge is -2.69. The maximum Gasteiger partial charge on any atom is 0.309 e. The second-order valence-corrected chi connectivity index (χ2v) is 19.8. The molecule has 8 nitrogen and oxygen atoms in total. The summed E-state index contributed by atoms with van der Waals surface area (Å²) < 4.78 is 6.15. The van der Waals surface area contributed by atoms with Gasteiger partial charge in [0.05, 0.1) is 11.8 Å². The van der Waals surface area contributed by atoms with Gasteiger partial charge in [-0.25, -0.2) is 0 Å². The van der Waals surface area contributed by atoms with E-state index in [9.17, 15) is 24.3 Å². The third-order valence-corrected chi connectivity index (χ3v) is 15.7. The molecule has 0 radical (unpaired) electrons. The highest BCUT2D eigenvalue weighted by Crippen LogP contribution is 2.73. The maximum atomic E-state index is 13.9. The van der Waals surface area contributed by atoms with Crippen molar-refractivity contribution >= 4 is 23.6 Å². The largest absolute Gasteiger partial charge is 0.481 e. The Kier molecular flexibility index (Phi) is 9.77. The molecular formula is C42H66N2O6. The Hall–Kier alpha value is -2.22. The lowest BCUT2D eigenvalue weighted by atomic mass is 9.36. The van der Waals surface area contributed by atoms with Gasteiger partial charge in [-0.2, -0.15) is 0 Å². The van der Waals surface area contributed by atoms with Crippen molar-refractivity contribution in [1.29, 1.82) is 0 Å². The number of nitrogens with zero attached hydrogens (tertiary/aromatic N) is 1. The van der Waals surface area contributed by atoms with Crippen LogP contribution in [0.25, 0.3) is 0 Å². The molecule has 5 aliphatic carbocycles. The zero-order valence-electron chi connectivity index (χ0n) is 32.6. The Labute approximate surface area is 301 Å². The molecule has 6 rings (SSSR count). The minimum Gasteiger partial charge on any atom is -0.481 e. The first-order valence-corrected chi connectivity index (χ1v) is 19.9. The van der Waals surface area contributed by atoms with Gasteiger partial charge in [0.25, 0.3) is 0 Å². The average molecular weight is 695 g/mol. The second kappa shape index (κ2) is 13.0. The van der Waals surface area contributed by atoms with Gasteiger partial charge in [-0.3, -0.25) is 19.2 Å². The number of nitrogens with one attached hydrogen (secondary N) is 1. The second-order valence-electron chi connectivity index (χ2n) is 19.8. The van der Waals surface area contributed by atoms with Gasteiger partial charge in [0, 0.05) is 49.7 Å². The highest BCUT2D eigenvalue weighted by molar-refractivity contribution is 6.00. The van der Waals surface area contributed by atoms with Crippen LogP contribution < -0.4 is 5.32 Å². The molecule has 1 saturated heterocycles. The summed E-state index contributed by atoms with van der Waals surface area (Å²) >= 11 is 0. The van der Waals surface area contributed by atoms with Gasteiger partial charge in [-0.1, -0.05) is 47.1 Å². The van der Waals surface area contributed by atoms with E-state index >= 15 is 0 Å². The average Bonchev–Trinajstić information content (AvgIpc) is 3.29. The number of carboxylic acid groups (broad SMARTS) is 1. The van der Waals surface area contributed by atoms with Gasteiger partial charge >= 0.3 is 11.9 Å². The first-order chi connectivity index (χ1) is 23.3. The molecule has 1 aliphatic heterocycles. The van der Waals surface area contributed by atoms with E-state index in [-0.39, 0.29) is 46.0 Å². The molecule has 0 spiro atoms. The molecule has 50 heavy (non-hydrogen) atoms. The number of likely N-dealkylation sites (tertiary alicyclic amines) is 1. The number of allylic oxidation sites excluding steroid dienone is 2. The van der Waals surface area contributed by atoms with Crippen LogP contribution in [0.15, 0.2) is 11.1 Å². The van der Waals surface area contributed by atoms with Gasteiger partial charge in [0.2, 0.25) is 5.91 Å². The molecule has 0 aromatic carbocycles. The van der Waals surface area contributed by atoms with Crippen LogP contribution >= 0.6 is 0 Å². The van der Waals surface area contributed by atoms with Crippen molar-refractivity contribution in [1.82, 2.24) is 10.2 Å². The van der Waals surface area contributed by atoms with Crippen molar-refractivity contribution in [3.8, 4) is 0 Å². The van der Waals surface area contributed by atoms with Gasteiger partial charge in [0.1, 0.15) is 6.10 Å². The van der Waals surface area contributed by atoms with Crippen molar-refractivity contribution in [2.45, 2.75) is 139 Å². The number of ether oxygens (including phenoxy) is 1. The summed E-state index contributed by atoms with van der Waals surface area (Å²) in [5.41, 5.74) is 1.70. The van der Waals surface area contributed by atoms with Crippen LogP contribution in [0.5, 0.6) is 0 Å². The van der Waals surface area contributed by atoms with E-state index in [4.69, 9.17) is 4.74 Å². The lowest BCUT2D eigenvalue weighted by molar-refractivity contribution is -0.213. The first-order valence-electron chi connectivity index (χ1n) is 19.9. The van der Waals surface area contributed by atoms with Gasteiger partial charge in [0.15, 0.2) is 5.78 Å². The molecule has 280 valence electrons. The number of hydrogen-bond acceptors (Lipinski definition) is 6. The van der Waals surface area contributed by atoms with Crippen molar-refractivity contribution in [3.63, 3.8) is 0 Å². The Morgan fingerprint density at radius 2 is 1.64 bits per heavy atom. The van der Waals surface area contributed by atoms with Crippen LogP contribution in [0, 0.1) is 62.6 Å². The molecule has 8 heteroatoms. The summed E-state index contributed by atoms with van der Waals surface area (Å²) in [6.45, 7) is 22.6. The van der Waals surface area contributed by atoms with Crippen LogP contribution in [0.1, 0.15) is 133 Å². The smallest absolute Gasteiger partial charge is 0.309 e. The number of amides is 1. The van der Waals surface area contributed by atoms with Crippen molar-refractivity contribution in [2.75, 3.05) is 26.2 Å². The number of fused-ring (bicyclic) bond motifs is 7. The molecule has 8 unspecified atom stereocenters. The zero-order chi connectivity index (χ0) is 36.6. The molecule has 2 N–H and O–H groups in total. The van der Waals surface area contributed by atoms with Crippen LogP contribution in [0.4, 0.5) is 0 Å². The molecule has 8 atom stereocenters. The van der Waals surface area contributed by atoms with E-state index < -0.39 is 17.4 Å². The number of hydrogen-bond donors (Lipinski definition) is 2. The Bertz CT molecular complexity index is 1420. The van der Waals surface area contributed by atoms with E-state index in [1.807, 2.05) is 4.90 Å². The third-order valence-electron chi connectivity index (χ3n) is 15.7. The number of ketones is 1. The quantitative estimate of drug-likeness (QED) is 0.181. The van der Waals surface area contributed by atoms with E-state index in [0.29, 0.717) is 41.8 Å². The van der Waals surface area contributed by atoms with Crippen molar-refractivity contribution < 1.29 is 29.0 Å². The lowest BCUT2D eigenvalue weighted by Crippen LogP contribution is -2.63. The first kappa shape index (κ1) is 37.5. The van der Waals surface area contributed by atoms with Gasteiger partial charge in [-0.15, -0.1) is 0 Å². The zero-order valence-corrected chi connectivity index (χ0v) is 32.6. The number of carboxylic acids is 1. The fourth-order valence-corrected chi connectivity index (χ4v) is 13.2. The minimum absolute atomic E-state index is 0.0146. The number of rotatable bonds is 10. The third kappa shape index (κ3) is 6.09. The van der Waals surface area contributed by atoms with E-state index in [2.05, 4.69) is 46.9 Å². The summed E-state index contributed by atoms with van der Waals surface area (Å²) in [5.74, 6) is 2.04. The number of carbonyl (C=O) groups is 4. The summed E-state index contributed by atoms with van der Waals surface area (Å²) in [7, 11) is 0. The monoisotopic (exact) mass is 694 g/mol. The highest BCUT2D eigenvalue weighted by Gasteiger charge is 2.66. The predicted octanol–water partition coefficient (Wildman–Crippen LogP) is 7.45. The van der Waals surface area contributed by atoms with E-state index in [1.165, 1.54) is 19.3 Å². The number of aliphatic carboxylic acids is 1. The van der Waals surface area contributed by atoms with Gasteiger partial charge in [-0.05, 0) is 124 Å². The van der Waals surface area contributed by atoms with Crippen molar-refractivity contribution in [2.24, 2.45) is 62.6 Å². The molecule has 5 fully saturated rings. The topological polar surface area (TPSA) is 113 Å². The Balaban J connectivity index is 1.18. The Morgan fingerprint density at radius 3 is 2.28 bits per heavy atom. The summed E-state index contributed by atoms with van der Waals surface area (Å²) in [5, 5.41) is 13.3. The fourth-order valence-electron chi connectivity index (χ4n) is 13.2. The van der Waals surface area contributed by atoms with Crippen LogP contribution in [0.2, 0.25) is 0 Å². The maximum absolute atomic E-state index is 13.9. The molecule has 0 bridgehead atoms. The van der Waals surface area contributed by atoms with Crippen molar-refractivity contribution in [3.05, 3.63) is 11.1 Å². The predicted molar refractivity (Wildman–Crippen MR) is 194 cm³/mol. The minimum atomic E-state index is -1.14. The standard InChI is InChI=1S/C42H66N2O6/c1-25(2)35-30(46)20-42(18-19-43-22-27-23-44(24-27)26(3)45)17-12-29-28(36(35)42)10-11-32-40(29,8)15-13-31-39(6,7)33(14-16-41(31,32)9)50-34(47)21-38(4,5)37(48)49/h25,27-29,31-33,43H,10-24H2,1-9H3,(H,48,49). The van der Waals surface area contributed by atoms with Crippen LogP contribution in [-0.4, -0.2) is 65.9 Å². The molecule has 6 aliphatic rings. The number of Topliss-reactive ketones (excluding diaryl/α,β-unsaturated/α-hetero) is 1. The van der Waals surface area contributed by atoms with E-state index in [0.717, 1.165) is 70.3 Å². The molecular weight excluding hydrogens is 628 g/mol. The summed E-state index contributed by atoms with van der Waals surface area (Å²) in [6, 6.07) is 0. The highest BCUT2D eigenvalue weighted by atomic mass is 16.5. The van der Waals surface area contributed by atoms with Gasteiger partial charge < -0.3 is 20.1 Å². The molecule has 1 amide bonds. The summed E-state index contributed by atoms with van der Waals surface area (Å²) in [4.78, 5) is 52.1. The SMILES string of the molecule is CC(=O)N1CC(CNCCC23CCC4C(CCC5C4(C)CCC4C(C)(C)C(OC(=O)CC(C)(C)C(=O)O)CCC45C)C2=C(C(C)C)C(=O)C3)C1. The van der Waals surface area contributed by atoms with Crippen LogP contribution in [0.3, 0.4) is 0 Å². The van der Waals surface area contributed by atoms with Crippen LogP contribution in [-0.2, 0) is 23.9 Å². The molecule has 1 heterocycles. The van der Waals surface area contributed by atoms with E-state index in [1.54, 1.807) is 26.3 Å². The fraction of sp³-hybridized carbons (Fsp3) is 0.857. The number of esters is 1.